The van der Waals surface area contributed by atoms with Crippen molar-refractivity contribution < 1.29 is 18.4 Å². The summed E-state index contributed by atoms with van der Waals surface area (Å²) in [5.74, 6) is 0.431. The monoisotopic (exact) mass is 443 g/mol. The quantitative estimate of drug-likeness (QED) is 0.214. The first kappa shape index (κ1) is 21.6. The lowest BCUT2D eigenvalue weighted by atomic mass is 10.0. The first-order valence-electron chi connectivity index (χ1n) is 10.0. The standard InChI is InChI=1S/C25H21N3O5/c1-28(25(26)27-23(29)12-10-18-7-5-13-32-18)17-9-11-19(22(15-17)31-2)20-14-16-6-3-4-8-21(16)33-24(20)30/h3-15H,1-2H3,(H2,26,27,29). The van der Waals surface area contributed by atoms with Crippen LogP contribution in [0.2, 0.25) is 0 Å². The van der Waals surface area contributed by atoms with Crippen LogP contribution in [0.25, 0.3) is 28.2 Å². The van der Waals surface area contributed by atoms with Crippen LogP contribution in [0.4, 0.5) is 5.69 Å². The smallest absolute Gasteiger partial charge is 0.344 e. The first-order chi connectivity index (χ1) is 16.0. The van der Waals surface area contributed by atoms with Crippen molar-refractivity contribution in [1.82, 2.24) is 0 Å². The Balaban J connectivity index is 1.62. The van der Waals surface area contributed by atoms with Gasteiger partial charge in [-0.1, -0.05) is 18.2 Å². The average Bonchev–Trinajstić information content (AvgIpc) is 3.35. The Bertz CT molecular complexity index is 1420. The molecule has 0 radical (unpaired) electrons. The highest BCUT2D eigenvalue weighted by Gasteiger charge is 2.15. The second kappa shape index (κ2) is 9.27. The lowest BCUT2D eigenvalue weighted by Crippen LogP contribution is -2.34. The van der Waals surface area contributed by atoms with Crippen LogP contribution in [0.15, 0.2) is 91.6 Å². The zero-order valence-corrected chi connectivity index (χ0v) is 18.0. The predicted octanol–water partition coefficient (Wildman–Crippen LogP) is 4.05. The topological polar surface area (TPSA) is 111 Å². The average molecular weight is 443 g/mol. The number of methoxy groups -OCH3 is 1. The minimum atomic E-state index is -0.534. The third-order valence-electron chi connectivity index (χ3n) is 5.01. The van der Waals surface area contributed by atoms with Gasteiger partial charge in [0.2, 0.25) is 5.96 Å². The van der Waals surface area contributed by atoms with Gasteiger partial charge in [-0.15, -0.1) is 0 Å². The van der Waals surface area contributed by atoms with E-state index in [1.165, 1.54) is 30.4 Å². The molecule has 2 aromatic heterocycles. The van der Waals surface area contributed by atoms with Crippen molar-refractivity contribution >= 4 is 34.6 Å². The van der Waals surface area contributed by atoms with Gasteiger partial charge in [0.05, 0.1) is 18.9 Å². The van der Waals surface area contributed by atoms with Crippen molar-refractivity contribution in [2.75, 3.05) is 19.1 Å². The van der Waals surface area contributed by atoms with Gasteiger partial charge in [-0.3, -0.25) is 4.79 Å². The van der Waals surface area contributed by atoms with Crippen molar-refractivity contribution in [2.45, 2.75) is 0 Å². The molecule has 0 bridgehead atoms. The van der Waals surface area contributed by atoms with E-state index >= 15 is 0 Å². The van der Waals surface area contributed by atoms with Crippen molar-refractivity contribution in [1.29, 1.82) is 0 Å². The van der Waals surface area contributed by atoms with Gasteiger partial charge < -0.3 is 24.2 Å². The number of aliphatic imine (C=N–C) groups is 1. The molecule has 4 rings (SSSR count). The van der Waals surface area contributed by atoms with E-state index in [-0.39, 0.29) is 5.96 Å². The largest absolute Gasteiger partial charge is 0.496 e. The molecule has 4 aromatic rings. The number of fused-ring (bicyclic) bond motifs is 1. The molecule has 0 fully saturated rings. The van der Waals surface area contributed by atoms with E-state index in [4.69, 9.17) is 19.3 Å². The molecule has 0 spiro atoms. The maximum absolute atomic E-state index is 12.6. The fourth-order valence-electron chi connectivity index (χ4n) is 3.26. The van der Waals surface area contributed by atoms with Gasteiger partial charge in [0.1, 0.15) is 17.1 Å². The second-order valence-corrected chi connectivity index (χ2v) is 7.09. The van der Waals surface area contributed by atoms with E-state index < -0.39 is 11.5 Å². The number of furan rings is 1. The van der Waals surface area contributed by atoms with Crippen LogP contribution in [-0.4, -0.2) is 26.0 Å². The summed E-state index contributed by atoms with van der Waals surface area (Å²) in [5.41, 5.74) is 7.62. The molecular weight excluding hydrogens is 422 g/mol. The Morgan fingerprint density at radius 3 is 2.67 bits per heavy atom. The number of nitrogens with two attached hydrogens (primary N) is 1. The molecule has 0 unspecified atom stereocenters. The number of guanidine groups is 1. The van der Waals surface area contributed by atoms with E-state index in [1.807, 2.05) is 12.1 Å². The van der Waals surface area contributed by atoms with Crippen molar-refractivity contribution in [2.24, 2.45) is 10.7 Å². The van der Waals surface area contributed by atoms with Crippen LogP contribution < -0.4 is 21.0 Å². The fraction of sp³-hybridized carbons (Fsp3) is 0.0800. The molecule has 0 saturated heterocycles. The number of hydrogen-bond donors (Lipinski definition) is 1. The Hall–Kier alpha value is -4.59. The van der Waals surface area contributed by atoms with Crippen LogP contribution in [0.3, 0.4) is 0 Å². The lowest BCUT2D eigenvalue weighted by molar-refractivity contribution is -0.113. The molecule has 33 heavy (non-hydrogen) atoms. The van der Waals surface area contributed by atoms with E-state index in [0.717, 1.165) is 5.39 Å². The molecule has 2 N–H and O–H groups in total. The van der Waals surface area contributed by atoms with E-state index in [1.54, 1.807) is 55.6 Å². The van der Waals surface area contributed by atoms with Crippen molar-refractivity contribution in [3.05, 3.63) is 89.2 Å². The molecule has 8 nitrogen and oxygen atoms in total. The summed E-state index contributed by atoms with van der Waals surface area (Å²) in [7, 11) is 3.17. The van der Waals surface area contributed by atoms with E-state index in [2.05, 4.69) is 4.99 Å². The van der Waals surface area contributed by atoms with Gasteiger partial charge in [-0.25, -0.2) is 4.79 Å². The number of anilines is 1. The zero-order valence-electron chi connectivity index (χ0n) is 18.0. The molecular formula is C25H21N3O5. The minimum absolute atomic E-state index is 0.0101. The Labute approximate surface area is 189 Å². The molecule has 2 heterocycles. The third-order valence-corrected chi connectivity index (χ3v) is 5.01. The lowest BCUT2D eigenvalue weighted by Gasteiger charge is -2.19. The van der Waals surface area contributed by atoms with Crippen molar-refractivity contribution in [3.8, 4) is 16.9 Å². The van der Waals surface area contributed by atoms with Gasteiger partial charge in [0.25, 0.3) is 5.91 Å². The van der Waals surface area contributed by atoms with Crippen LogP contribution in [-0.2, 0) is 4.79 Å². The predicted molar refractivity (Wildman–Crippen MR) is 127 cm³/mol. The summed E-state index contributed by atoms with van der Waals surface area (Å²) >= 11 is 0. The number of para-hydroxylation sites is 1. The molecule has 0 aliphatic heterocycles. The summed E-state index contributed by atoms with van der Waals surface area (Å²) in [5, 5.41) is 0.799. The number of nitrogens with zero attached hydrogens (tertiary/aromatic N) is 2. The normalized spacial score (nSPS) is 11.8. The molecule has 0 saturated carbocycles. The van der Waals surface area contributed by atoms with Crippen LogP contribution in [0.5, 0.6) is 5.75 Å². The van der Waals surface area contributed by atoms with Crippen LogP contribution in [0.1, 0.15) is 5.76 Å². The number of carbonyl (C=O) groups excluding carboxylic acids is 1. The van der Waals surface area contributed by atoms with Crippen LogP contribution in [0, 0.1) is 0 Å². The van der Waals surface area contributed by atoms with Gasteiger partial charge >= 0.3 is 5.63 Å². The molecule has 0 atom stereocenters. The summed E-state index contributed by atoms with van der Waals surface area (Å²) in [4.78, 5) is 30.1. The molecule has 1 amide bonds. The number of carbonyl (C=O) groups is 1. The number of rotatable bonds is 5. The highest BCUT2D eigenvalue weighted by atomic mass is 16.5. The summed E-state index contributed by atoms with van der Waals surface area (Å²) in [6, 6.07) is 17.7. The third kappa shape index (κ3) is 4.69. The number of ether oxygens (including phenoxy) is 1. The Kier molecular flexibility index (Phi) is 6.08. The van der Waals surface area contributed by atoms with Gasteiger partial charge in [-0.2, -0.15) is 4.99 Å². The Morgan fingerprint density at radius 2 is 1.91 bits per heavy atom. The molecule has 0 aliphatic rings. The number of amides is 1. The SMILES string of the molecule is COc1cc(N(C)C(N)=NC(=O)C=Cc2ccco2)ccc1-c1cc2ccccc2oc1=O. The number of benzene rings is 2. The number of hydrogen-bond acceptors (Lipinski definition) is 5. The highest BCUT2D eigenvalue weighted by Crippen LogP contribution is 2.33. The van der Waals surface area contributed by atoms with Crippen LogP contribution >= 0.6 is 0 Å². The fourth-order valence-corrected chi connectivity index (χ4v) is 3.26. The van der Waals surface area contributed by atoms with E-state index in [0.29, 0.717) is 33.9 Å². The van der Waals surface area contributed by atoms with E-state index in [9.17, 15) is 9.59 Å². The van der Waals surface area contributed by atoms with Gasteiger partial charge in [0, 0.05) is 35.8 Å². The van der Waals surface area contributed by atoms with Gasteiger partial charge in [0.15, 0.2) is 0 Å². The van der Waals surface area contributed by atoms with Crippen molar-refractivity contribution in [3.63, 3.8) is 0 Å². The zero-order chi connectivity index (χ0) is 23.4. The maximum Gasteiger partial charge on any atom is 0.344 e. The second-order valence-electron chi connectivity index (χ2n) is 7.09. The summed E-state index contributed by atoms with van der Waals surface area (Å²) < 4.78 is 16.1. The molecule has 8 heteroatoms. The summed E-state index contributed by atoms with van der Waals surface area (Å²) in [6.45, 7) is 0. The summed E-state index contributed by atoms with van der Waals surface area (Å²) in [6.07, 6.45) is 4.28. The minimum Gasteiger partial charge on any atom is -0.496 e. The maximum atomic E-state index is 12.6. The highest BCUT2D eigenvalue weighted by molar-refractivity contribution is 6.05. The first-order valence-corrected chi connectivity index (χ1v) is 10.0. The molecule has 0 aliphatic carbocycles. The molecule has 2 aromatic carbocycles. The Morgan fingerprint density at radius 1 is 1.09 bits per heavy atom. The molecule has 166 valence electrons. The van der Waals surface area contributed by atoms with Gasteiger partial charge in [-0.05, 0) is 42.5 Å².